The van der Waals surface area contributed by atoms with Crippen molar-refractivity contribution in [3.8, 4) is 5.75 Å². The second kappa shape index (κ2) is 8.24. The molecule has 1 N–H and O–H groups in total. The molecule has 0 saturated heterocycles. The Morgan fingerprint density at radius 1 is 1.31 bits per heavy atom. The van der Waals surface area contributed by atoms with E-state index in [1.165, 1.54) is 31.4 Å². The molecule has 0 aromatic heterocycles. The van der Waals surface area contributed by atoms with Crippen LogP contribution in [0.25, 0.3) is 6.08 Å². The molecule has 136 valence electrons. The van der Waals surface area contributed by atoms with Crippen LogP contribution in [0, 0.1) is 15.9 Å². The van der Waals surface area contributed by atoms with Crippen molar-refractivity contribution in [2.24, 2.45) is 0 Å². The van der Waals surface area contributed by atoms with Crippen LogP contribution in [-0.4, -0.2) is 17.9 Å². The highest BCUT2D eigenvalue weighted by Gasteiger charge is 2.14. The summed E-state index contributed by atoms with van der Waals surface area (Å²) in [5.41, 5.74) is 1.49. The Morgan fingerprint density at radius 3 is 2.65 bits per heavy atom. The summed E-state index contributed by atoms with van der Waals surface area (Å²) in [5.74, 6) is -0.733. The van der Waals surface area contributed by atoms with E-state index in [0.29, 0.717) is 16.7 Å². The number of nitrogens with zero attached hydrogens (tertiary/aromatic N) is 1. The fourth-order valence-corrected chi connectivity index (χ4v) is 2.39. The molecule has 0 bridgehead atoms. The van der Waals surface area contributed by atoms with Gasteiger partial charge in [0.2, 0.25) is 5.91 Å². The first-order valence-electron chi connectivity index (χ1n) is 7.89. The maximum absolute atomic E-state index is 13.7. The number of carbonyl (C=O) groups excluding carboxylic acids is 1. The number of hydrogen-bond acceptors (Lipinski definition) is 4. The summed E-state index contributed by atoms with van der Waals surface area (Å²) in [6, 6.07) is 10.1. The maximum atomic E-state index is 13.7. The second-order valence-electron chi connectivity index (χ2n) is 5.77. The van der Waals surface area contributed by atoms with Gasteiger partial charge in [0.1, 0.15) is 0 Å². The van der Waals surface area contributed by atoms with Crippen molar-refractivity contribution in [2.45, 2.75) is 19.9 Å². The van der Waals surface area contributed by atoms with Crippen LogP contribution >= 0.6 is 0 Å². The van der Waals surface area contributed by atoms with Crippen molar-refractivity contribution in [1.29, 1.82) is 0 Å². The van der Waals surface area contributed by atoms with Gasteiger partial charge in [-0.25, -0.2) is 4.39 Å². The van der Waals surface area contributed by atoms with Crippen molar-refractivity contribution in [3.63, 3.8) is 0 Å². The molecule has 2 aromatic rings. The normalized spacial score (nSPS) is 12.4. The lowest BCUT2D eigenvalue weighted by molar-refractivity contribution is -0.384. The van der Waals surface area contributed by atoms with Crippen LogP contribution in [0.15, 0.2) is 48.0 Å². The van der Waals surface area contributed by atoms with Gasteiger partial charge in [0.15, 0.2) is 11.6 Å². The van der Waals surface area contributed by atoms with Crippen molar-refractivity contribution in [1.82, 2.24) is 5.32 Å². The van der Waals surface area contributed by atoms with Crippen LogP contribution < -0.4 is 10.1 Å². The SMILES string of the molecule is COc1ccc(C=C(C)C(=O)NC(C)c2cccc([N+](=O)[O-])c2)cc1F. The summed E-state index contributed by atoms with van der Waals surface area (Å²) in [7, 11) is 1.38. The van der Waals surface area contributed by atoms with Crippen LogP contribution in [0.2, 0.25) is 0 Å². The number of rotatable bonds is 6. The van der Waals surface area contributed by atoms with Crippen LogP contribution in [0.5, 0.6) is 5.75 Å². The highest BCUT2D eigenvalue weighted by atomic mass is 19.1. The molecular formula is C19H19FN2O4. The van der Waals surface area contributed by atoms with Crippen LogP contribution in [-0.2, 0) is 4.79 Å². The van der Waals surface area contributed by atoms with E-state index in [2.05, 4.69) is 5.32 Å². The third kappa shape index (κ3) is 4.66. The number of methoxy groups -OCH3 is 1. The van der Waals surface area contributed by atoms with Gasteiger partial charge in [0.25, 0.3) is 5.69 Å². The van der Waals surface area contributed by atoms with Crippen molar-refractivity contribution in [3.05, 3.63) is 75.1 Å². The van der Waals surface area contributed by atoms with E-state index in [9.17, 15) is 19.3 Å². The molecule has 7 heteroatoms. The molecule has 2 aromatic carbocycles. The summed E-state index contributed by atoms with van der Waals surface area (Å²) in [4.78, 5) is 22.7. The molecule has 1 amide bonds. The number of non-ortho nitro benzene ring substituents is 1. The molecule has 6 nitrogen and oxygen atoms in total. The van der Waals surface area contributed by atoms with Gasteiger partial charge >= 0.3 is 0 Å². The third-order valence-corrected chi connectivity index (χ3v) is 3.85. The lowest BCUT2D eigenvalue weighted by Crippen LogP contribution is -2.27. The van der Waals surface area contributed by atoms with Gasteiger partial charge in [-0.2, -0.15) is 0 Å². The van der Waals surface area contributed by atoms with E-state index in [4.69, 9.17) is 4.74 Å². The largest absolute Gasteiger partial charge is 0.494 e. The molecule has 0 radical (unpaired) electrons. The number of amides is 1. The van der Waals surface area contributed by atoms with Crippen molar-refractivity contribution < 1.29 is 18.8 Å². The highest BCUT2D eigenvalue weighted by Crippen LogP contribution is 2.21. The summed E-state index contributed by atoms with van der Waals surface area (Å²) in [6.45, 7) is 3.34. The number of nitro benzene ring substituents is 1. The fraction of sp³-hybridized carbons (Fsp3) is 0.211. The molecule has 0 heterocycles. The number of hydrogen-bond donors (Lipinski definition) is 1. The molecule has 0 fully saturated rings. The Labute approximate surface area is 150 Å². The lowest BCUT2D eigenvalue weighted by atomic mass is 10.1. The fourth-order valence-electron chi connectivity index (χ4n) is 2.39. The Kier molecular flexibility index (Phi) is 6.06. The minimum atomic E-state index is -0.514. The van der Waals surface area contributed by atoms with Crippen molar-refractivity contribution in [2.75, 3.05) is 7.11 Å². The predicted molar refractivity (Wildman–Crippen MR) is 96.3 cm³/mol. The first kappa shape index (κ1) is 19.1. The average molecular weight is 358 g/mol. The van der Waals surface area contributed by atoms with Gasteiger partial charge in [0.05, 0.1) is 18.1 Å². The zero-order chi connectivity index (χ0) is 19.3. The lowest BCUT2D eigenvalue weighted by Gasteiger charge is -2.14. The number of carbonyl (C=O) groups is 1. The number of benzene rings is 2. The number of nitrogens with one attached hydrogen (secondary N) is 1. The minimum absolute atomic E-state index is 0.0374. The van der Waals surface area contributed by atoms with E-state index in [-0.39, 0.29) is 17.3 Å². The van der Waals surface area contributed by atoms with Crippen molar-refractivity contribution >= 4 is 17.7 Å². The Balaban J connectivity index is 2.12. The number of halogens is 1. The Hall–Kier alpha value is -3.22. The molecule has 26 heavy (non-hydrogen) atoms. The number of ether oxygens (including phenoxy) is 1. The number of nitro groups is 1. The summed E-state index contributed by atoms with van der Waals surface area (Å²) < 4.78 is 18.6. The minimum Gasteiger partial charge on any atom is -0.494 e. The molecule has 0 aliphatic rings. The van der Waals surface area contributed by atoms with E-state index in [0.717, 1.165) is 0 Å². The Bertz CT molecular complexity index is 864. The average Bonchev–Trinajstić information content (AvgIpc) is 2.61. The van der Waals surface area contributed by atoms with Gasteiger partial charge in [-0.3, -0.25) is 14.9 Å². The van der Waals surface area contributed by atoms with E-state index in [1.54, 1.807) is 38.1 Å². The Morgan fingerprint density at radius 2 is 2.04 bits per heavy atom. The van der Waals surface area contributed by atoms with Gasteiger partial charge in [-0.1, -0.05) is 18.2 Å². The van der Waals surface area contributed by atoms with Crippen LogP contribution in [0.1, 0.15) is 31.0 Å². The maximum Gasteiger partial charge on any atom is 0.269 e. The topological polar surface area (TPSA) is 81.5 Å². The summed E-state index contributed by atoms with van der Waals surface area (Å²) in [6.07, 6.45) is 1.55. The molecule has 2 rings (SSSR count). The smallest absolute Gasteiger partial charge is 0.269 e. The molecule has 1 unspecified atom stereocenters. The zero-order valence-corrected chi connectivity index (χ0v) is 14.7. The van der Waals surface area contributed by atoms with Gasteiger partial charge in [0, 0.05) is 17.7 Å². The second-order valence-corrected chi connectivity index (χ2v) is 5.77. The van der Waals surface area contributed by atoms with Crippen LogP contribution in [0.3, 0.4) is 0 Å². The highest BCUT2D eigenvalue weighted by molar-refractivity contribution is 5.97. The molecule has 0 spiro atoms. The van der Waals surface area contributed by atoms with E-state index >= 15 is 0 Å². The van der Waals surface area contributed by atoms with Gasteiger partial charge in [-0.15, -0.1) is 0 Å². The molecular weight excluding hydrogens is 339 g/mol. The first-order chi connectivity index (χ1) is 12.3. The quantitative estimate of drug-likeness (QED) is 0.480. The van der Waals surface area contributed by atoms with E-state index in [1.807, 2.05) is 0 Å². The molecule has 0 saturated carbocycles. The third-order valence-electron chi connectivity index (χ3n) is 3.85. The van der Waals surface area contributed by atoms with E-state index < -0.39 is 16.8 Å². The van der Waals surface area contributed by atoms with Crippen LogP contribution in [0.4, 0.5) is 10.1 Å². The zero-order valence-electron chi connectivity index (χ0n) is 14.7. The summed E-state index contributed by atoms with van der Waals surface area (Å²) in [5, 5.41) is 13.6. The molecule has 1 atom stereocenters. The van der Waals surface area contributed by atoms with Gasteiger partial charge < -0.3 is 10.1 Å². The standard InChI is InChI=1S/C19H19FN2O4/c1-12(9-14-7-8-18(26-3)17(20)10-14)19(23)21-13(2)15-5-4-6-16(11-15)22(24)25/h4-11,13H,1-3H3,(H,21,23). The monoisotopic (exact) mass is 358 g/mol. The molecule has 0 aliphatic heterocycles. The predicted octanol–water partition coefficient (Wildman–Crippen LogP) is 4.02. The first-order valence-corrected chi connectivity index (χ1v) is 7.89. The summed E-state index contributed by atoms with van der Waals surface area (Å²) >= 11 is 0. The molecule has 0 aliphatic carbocycles. The van der Waals surface area contributed by atoms with Gasteiger partial charge in [-0.05, 0) is 43.2 Å².